The lowest BCUT2D eigenvalue weighted by Gasteiger charge is -2.16. The smallest absolute Gasteiger partial charge is 0.190 e. The first kappa shape index (κ1) is 16.7. The highest BCUT2D eigenvalue weighted by Gasteiger charge is 2.13. The molecule has 3 rings (SSSR count). The van der Waals surface area contributed by atoms with Crippen LogP contribution in [0.2, 0.25) is 0 Å². The molecule has 3 nitrogen and oxygen atoms in total. The van der Waals surface area contributed by atoms with Gasteiger partial charge < -0.3 is 9.30 Å². The number of benzene rings is 2. The van der Waals surface area contributed by atoms with Gasteiger partial charge in [-0.05, 0) is 37.1 Å². The molecule has 4 heteroatoms. The summed E-state index contributed by atoms with van der Waals surface area (Å²) in [6.07, 6.45) is 0. The van der Waals surface area contributed by atoms with Crippen molar-refractivity contribution in [1.82, 2.24) is 4.57 Å². The van der Waals surface area contributed by atoms with Gasteiger partial charge in [-0.2, -0.15) is 0 Å². The van der Waals surface area contributed by atoms with Crippen LogP contribution < -0.4 is 4.80 Å². The van der Waals surface area contributed by atoms with Crippen molar-refractivity contribution >= 4 is 17.0 Å². The second-order valence-corrected chi connectivity index (χ2v) is 6.73. The number of aryl methyl sites for hydroxylation is 1. The quantitative estimate of drug-likeness (QED) is 0.645. The summed E-state index contributed by atoms with van der Waals surface area (Å²) in [5.74, 6) is 0. The van der Waals surface area contributed by atoms with Crippen molar-refractivity contribution in [2.75, 3.05) is 13.7 Å². The number of aromatic nitrogens is 1. The number of rotatable bonds is 5. The topological polar surface area (TPSA) is 26.5 Å². The summed E-state index contributed by atoms with van der Waals surface area (Å²) < 4.78 is 7.65. The summed E-state index contributed by atoms with van der Waals surface area (Å²) in [7, 11) is 1.74. The predicted molar refractivity (Wildman–Crippen MR) is 101 cm³/mol. The Bertz CT molecular complexity index is 865. The molecule has 1 atom stereocenters. The van der Waals surface area contributed by atoms with Crippen molar-refractivity contribution in [2.45, 2.75) is 19.9 Å². The maximum atomic E-state index is 5.38. The lowest BCUT2D eigenvalue weighted by atomic mass is 10.1. The Morgan fingerprint density at radius 1 is 1.12 bits per heavy atom. The summed E-state index contributed by atoms with van der Waals surface area (Å²) >= 11 is 1.67. The van der Waals surface area contributed by atoms with E-state index in [0.717, 1.165) is 10.5 Å². The molecule has 0 unspecified atom stereocenters. The highest BCUT2D eigenvalue weighted by molar-refractivity contribution is 7.07. The maximum Gasteiger partial charge on any atom is 0.190 e. The Labute approximate surface area is 146 Å². The Morgan fingerprint density at radius 2 is 1.92 bits per heavy atom. The van der Waals surface area contributed by atoms with Crippen molar-refractivity contribution < 1.29 is 4.74 Å². The van der Waals surface area contributed by atoms with Gasteiger partial charge in [0.25, 0.3) is 0 Å². The molecule has 0 saturated carbocycles. The minimum Gasteiger partial charge on any atom is -0.383 e. The summed E-state index contributed by atoms with van der Waals surface area (Å²) in [6.45, 7) is 4.90. The molecule has 24 heavy (non-hydrogen) atoms. The van der Waals surface area contributed by atoms with E-state index in [-0.39, 0.29) is 6.04 Å². The van der Waals surface area contributed by atoms with Crippen molar-refractivity contribution in [3.63, 3.8) is 0 Å². The Kier molecular flexibility index (Phi) is 5.28. The molecule has 1 aromatic heterocycles. The zero-order valence-electron chi connectivity index (χ0n) is 14.3. The molecule has 0 bridgehead atoms. The molecule has 0 aliphatic heterocycles. The molecule has 0 radical (unpaired) electrons. The van der Waals surface area contributed by atoms with Gasteiger partial charge in [-0.15, -0.1) is 11.3 Å². The average Bonchev–Trinajstić information content (AvgIpc) is 2.99. The fourth-order valence-corrected chi connectivity index (χ4v) is 3.79. The minimum absolute atomic E-state index is 0.208. The first-order chi connectivity index (χ1) is 11.7. The average molecular weight is 338 g/mol. The number of ether oxygens (including phenoxy) is 1. The van der Waals surface area contributed by atoms with Crippen LogP contribution in [0.5, 0.6) is 0 Å². The van der Waals surface area contributed by atoms with E-state index in [9.17, 15) is 0 Å². The number of methoxy groups -OCH3 is 1. The molecule has 1 heterocycles. The number of hydrogen-bond acceptors (Lipinski definition) is 3. The largest absolute Gasteiger partial charge is 0.383 e. The van der Waals surface area contributed by atoms with E-state index in [0.29, 0.717) is 6.61 Å². The van der Waals surface area contributed by atoms with E-state index in [4.69, 9.17) is 9.73 Å². The van der Waals surface area contributed by atoms with Gasteiger partial charge in [-0.1, -0.05) is 42.5 Å². The highest BCUT2D eigenvalue weighted by Crippen LogP contribution is 2.24. The monoisotopic (exact) mass is 338 g/mol. The molecule has 0 fully saturated rings. The molecular formula is C20H22N2OS. The summed E-state index contributed by atoms with van der Waals surface area (Å²) in [4.78, 5) is 5.87. The Balaban J connectivity index is 2.15. The summed E-state index contributed by atoms with van der Waals surface area (Å²) in [5, 5.41) is 2.18. The lowest BCUT2D eigenvalue weighted by molar-refractivity contribution is 0.162. The fraction of sp³-hybridized carbons (Fsp3) is 0.250. The Morgan fingerprint density at radius 3 is 2.62 bits per heavy atom. The molecule has 0 aliphatic rings. The standard InChI is InChI=1S/C20H22N2OS/c1-15-8-7-11-18(12-15)21-20-22(16(2)13-23-3)19(14-24-20)17-9-5-4-6-10-17/h4-12,14,16H,13H2,1-3H3/t16-/m0/s1. The maximum absolute atomic E-state index is 5.38. The predicted octanol–water partition coefficient (Wildman–Crippen LogP) is 4.96. The third-order valence-electron chi connectivity index (χ3n) is 3.89. The first-order valence-corrected chi connectivity index (χ1v) is 8.93. The fourth-order valence-electron chi connectivity index (χ4n) is 2.77. The van der Waals surface area contributed by atoms with Gasteiger partial charge in [-0.3, -0.25) is 0 Å². The number of thiazole rings is 1. The zero-order valence-corrected chi connectivity index (χ0v) is 15.1. The normalized spacial score (nSPS) is 13.2. The van der Waals surface area contributed by atoms with Gasteiger partial charge >= 0.3 is 0 Å². The molecule has 3 aromatic rings. The van der Waals surface area contributed by atoms with Gasteiger partial charge in [0.2, 0.25) is 0 Å². The SMILES string of the molecule is COC[C@H](C)n1c(-c2ccccc2)csc1=Nc1cccc(C)c1. The number of hydrogen-bond donors (Lipinski definition) is 0. The Hall–Kier alpha value is -2.17. The molecule has 0 N–H and O–H groups in total. The van der Waals surface area contributed by atoms with Crippen molar-refractivity contribution in [3.05, 3.63) is 70.3 Å². The molecule has 0 amide bonds. The van der Waals surface area contributed by atoms with Crippen LogP contribution in [-0.4, -0.2) is 18.3 Å². The van der Waals surface area contributed by atoms with Crippen LogP contribution in [0.4, 0.5) is 5.69 Å². The first-order valence-electron chi connectivity index (χ1n) is 8.05. The molecule has 0 saturated heterocycles. The van der Waals surface area contributed by atoms with Crippen LogP contribution in [0, 0.1) is 6.92 Å². The summed E-state index contributed by atoms with van der Waals surface area (Å²) in [5.41, 5.74) is 4.57. The van der Waals surface area contributed by atoms with Crippen LogP contribution in [0.15, 0.2) is 65.0 Å². The second kappa shape index (κ2) is 7.60. The molecule has 124 valence electrons. The van der Waals surface area contributed by atoms with Gasteiger partial charge in [-0.25, -0.2) is 4.99 Å². The second-order valence-electron chi connectivity index (χ2n) is 5.89. The van der Waals surface area contributed by atoms with Crippen molar-refractivity contribution in [1.29, 1.82) is 0 Å². The number of nitrogens with zero attached hydrogens (tertiary/aromatic N) is 2. The van der Waals surface area contributed by atoms with E-state index in [1.165, 1.54) is 16.8 Å². The molecule has 0 spiro atoms. The lowest BCUT2D eigenvalue weighted by Crippen LogP contribution is -2.22. The van der Waals surface area contributed by atoms with Crippen molar-refractivity contribution in [2.24, 2.45) is 4.99 Å². The van der Waals surface area contributed by atoms with E-state index in [2.05, 4.69) is 60.2 Å². The summed E-state index contributed by atoms with van der Waals surface area (Å²) in [6, 6.07) is 18.9. The van der Waals surface area contributed by atoms with E-state index < -0.39 is 0 Å². The van der Waals surface area contributed by atoms with Gasteiger partial charge in [0.15, 0.2) is 4.80 Å². The molecule has 2 aromatic carbocycles. The van der Waals surface area contributed by atoms with Crippen LogP contribution in [0.25, 0.3) is 11.3 Å². The third-order valence-corrected chi connectivity index (χ3v) is 4.73. The third kappa shape index (κ3) is 3.66. The highest BCUT2D eigenvalue weighted by atomic mass is 32.1. The van der Waals surface area contributed by atoms with Gasteiger partial charge in [0.05, 0.1) is 24.0 Å². The molecular weight excluding hydrogens is 316 g/mol. The molecule has 0 aliphatic carbocycles. The van der Waals surface area contributed by atoms with E-state index >= 15 is 0 Å². The van der Waals surface area contributed by atoms with Crippen LogP contribution in [0.1, 0.15) is 18.5 Å². The van der Waals surface area contributed by atoms with Gasteiger partial charge in [0.1, 0.15) is 0 Å². The van der Waals surface area contributed by atoms with Crippen LogP contribution >= 0.6 is 11.3 Å². The van der Waals surface area contributed by atoms with Crippen molar-refractivity contribution in [3.8, 4) is 11.3 Å². The minimum atomic E-state index is 0.208. The van der Waals surface area contributed by atoms with Crippen LogP contribution in [0.3, 0.4) is 0 Å². The van der Waals surface area contributed by atoms with Crippen LogP contribution in [-0.2, 0) is 4.74 Å². The van der Waals surface area contributed by atoms with E-state index in [1.807, 2.05) is 18.2 Å². The van der Waals surface area contributed by atoms with Gasteiger partial charge in [0, 0.05) is 12.5 Å². The zero-order chi connectivity index (χ0) is 16.9. The van der Waals surface area contributed by atoms with E-state index in [1.54, 1.807) is 18.4 Å².